The number of amides is 2. The summed E-state index contributed by atoms with van der Waals surface area (Å²) < 4.78 is 22.5. The smallest absolute Gasteiger partial charge is 0.264 e. The Labute approximate surface area is 210 Å². The molecular weight excluding hydrogens is 470 g/mol. The summed E-state index contributed by atoms with van der Waals surface area (Å²) in [5.41, 5.74) is 4.95. The molecule has 9 rings (SSSR count). The lowest BCUT2D eigenvalue weighted by Crippen LogP contribution is -2.40. The quantitative estimate of drug-likeness (QED) is 0.307. The number of imide groups is 1. The first kappa shape index (κ1) is 20.4. The van der Waals surface area contributed by atoms with Crippen molar-refractivity contribution in [3.63, 3.8) is 0 Å². The Morgan fingerprint density at radius 1 is 0.703 bits per heavy atom. The summed E-state index contributed by atoms with van der Waals surface area (Å²) in [4.78, 5) is 29.8. The Kier molecular flexibility index (Phi) is 3.73. The molecule has 2 aromatic heterocycles. The van der Waals surface area contributed by atoms with Crippen molar-refractivity contribution in [2.75, 3.05) is 7.11 Å². The number of aromatic nitrogens is 2. The van der Waals surface area contributed by atoms with Crippen LogP contribution in [0.1, 0.15) is 58.9 Å². The number of carbonyl (C=O) groups is 2. The number of methoxy groups -OCH3 is 1. The summed E-state index contributed by atoms with van der Waals surface area (Å²) >= 11 is 0. The largest absolute Gasteiger partial charge is 0.356 e. The van der Waals surface area contributed by atoms with Gasteiger partial charge in [-0.25, -0.2) is 4.90 Å². The highest BCUT2D eigenvalue weighted by molar-refractivity contribution is 6.39. The number of benzene rings is 3. The van der Waals surface area contributed by atoms with Gasteiger partial charge in [-0.2, -0.15) is 0 Å². The zero-order valence-corrected chi connectivity index (χ0v) is 20.1. The number of rotatable bonds is 2. The van der Waals surface area contributed by atoms with E-state index < -0.39 is 12.5 Å². The van der Waals surface area contributed by atoms with Gasteiger partial charge in [0, 0.05) is 35.1 Å². The van der Waals surface area contributed by atoms with Crippen molar-refractivity contribution in [1.29, 1.82) is 0 Å². The molecule has 2 saturated heterocycles. The highest BCUT2D eigenvalue weighted by atomic mass is 16.7. The Morgan fingerprint density at radius 3 is 1.73 bits per heavy atom. The van der Waals surface area contributed by atoms with Gasteiger partial charge in [-0.3, -0.25) is 9.59 Å². The summed E-state index contributed by atoms with van der Waals surface area (Å²) in [7, 11) is 1.58. The van der Waals surface area contributed by atoms with Gasteiger partial charge in [0.2, 0.25) is 0 Å². The van der Waals surface area contributed by atoms with Crippen LogP contribution in [0.5, 0.6) is 0 Å². The normalized spacial score (nSPS) is 26.6. The Hall–Kier alpha value is -3.72. The summed E-state index contributed by atoms with van der Waals surface area (Å²) in [5, 5.41) is 3.60. The summed E-state index contributed by atoms with van der Waals surface area (Å²) in [6.45, 7) is 0. The molecule has 3 aromatic carbocycles. The van der Waals surface area contributed by atoms with E-state index in [0.717, 1.165) is 56.5 Å². The zero-order valence-electron chi connectivity index (χ0n) is 20.1. The number of fused-ring (bicyclic) bond motifs is 13. The Bertz CT molecular complexity index is 1740. The molecular formula is C29H23N3O5. The molecule has 184 valence electrons. The average Bonchev–Trinajstić information content (AvgIpc) is 3.70. The molecule has 4 aliphatic rings. The molecule has 2 bridgehead atoms. The van der Waals surface area contributed by atoms with Crippen molar-refractivity contribution in [3.05, 3.63) is 59.7 Å². The van der Waals surface area contributed by atoms with Gasteiger partial charge >= 0.3 is 0 Å². The van der Waals surface area contributed by atoms with Crippen LogP contribution in [0.4, 0.5) is 0 Å². The minimum atomic E-state index is -0.642. The first-order chi connectivity index (χ1) is 18.2. The van der Waals surface area contributed by atoms with Crippen molar-refractivity contribution in [2.24, 2.45) is 0 Å². The molecule has 0 saturated carbocycles. The van der Waals surface area contributed by atoms with Crippen molar-refractivity contribution in [1.82, 2.24) is 14.0 Å². The average molecular weight is 494 g/mol. The number of ether oxygens (including phenoxy) is 3. The van der Waals surface area contributed by atoms with Crippen LogP contribution < -0.4 is 0 Å². The second-order valence-corrected chi connectivity index (χ2v) is 10.4. The van der Waals surface area contributed by atoms with Gasteiger partial charge in [0.25, 0.3) is 11.8 Å². The van der Waals surface area contributed by atoms with Crippen LogP contribution in [0.2, 0.25) is 0 Å². The third-order valence-electron chi connectivity index (χ3n) is 8.72. The van der Waals surface area contributed by atoms with Crippen molar-refractivity contribution in [3.8, 4) is 0 Å². The van der Waals surface area contributed by atoms with E-state index in [0.29, 0.717) is 24.0 Å². The summed E-state index contributed by atoms with van der Waals surface area (Å²) in [6, 6.07) is 16.3. The maximum Gasteiger partial charge on any atom is 0.264 e. The monoisotopic (exact) mass is 493 g/mol. The standard InChI is InChI=1S/C29H23N3O5/c1-35-21-13-12-20(37-21)32-28(33)24-22-14-6-2-4-8-16(14)30-18-10-11-19(36-18)31-17-9-5-3-7-15(17)23(25(24)29(32)34)27(31)26(22)30/h2-9,18-21H,10-13H2,1H3. The molecule has 2 amide bonds. The molecule has 0 aliphatic carbocycles. The highest BCUT2D eigenvalue weighted by Crippen LogP contribution is 2.53. The first-order valence-corrected chi connectivity index (χ1v) is 12.9. The topological polar surface area (TPSA) is 74.9 Å². The summed E-state index contributed by atoms with van der Waals surface area (Å²) in [6.07, 6.45) is 1.64. The van der Waals surface area contributed by atoms with Crippen LogP contribution in [0, 0.1) is 0 Å². The van der Waals surface area contributed by atoms with Gasteiger partial charge in [0.05, 0.1) is 33.2 Å². The van der Waals surface area contributed by atoms with Crippen LogP contribution in [0.3, 0.4) is 0 Å². The van der Waals surface area contributed by atoms with Crippen molar-refractivity contribution < 1.29 is 23.8 Å². The molecule has 5 aromatic rings. The van der Waals surface area contributed by atoms with E-state index in [1.807, 2.05) is 24.3 Å². The van der Waals surface area contributed by atoms with E-state index >= 15 is 0 Å². The van der Waals surface area contributed by atoms with Crippen LogP contribution in [-0.2, 0) is 14.2 Å². The second kappa shape index (κ2) is 6.77. The molecule has 0 radical (unpaired) electrons. The molecule has 4 unspecified atom stereocenters. The van der Waals surface area contributed by atoms with Gasteiger partial charge in [0.15, 0.2) is 6.29 Å². The third kappa shape index (κ3) is 2.27. The number of para-hydroxylation sites is 2. The number of nitrogens with zero attached hydrogens (tertiary/aromatic N) is 3. The first-order valence-electron chi connectivity index (χ1n) is 12.9. The Balaban J connectivity index is 1.49. The SMILES string of the molecule is COC1CCC(N2C(=O)c3c(c4c5ccccc5n5c4c4c3c3ccccc3n4C3CCC5O3)C2=O)O1. The maximum atomic E-state index is 14.2. The molecule has 0 spiro atoms. The maximum absolute atomic E-state index is 14.2. The van der Waals surface area contributed by atoms with Gasteiger partial charge in [-0.05, 0) is 31.4 Å². The van der Waals surface area contributed by atoms with Crippen molar-refractivity contribution in [2.45, 2.75) is 50.7 Å². The van der Waals surface area contributed by atoms with Gasteiger partial charge in [0.1, 0.15) is 18.7 Å². The molecule has 4 aliphatic heterocycles. The lowest BCUT2D eigenvalue weighted by atomic mass is 9.96. The van der Waals surface area contributed by atoms with E-state index in [2.05, 4.69) is 33.4 Å². The summed E-state index contributed by atoms with van der Waals surface area (Å²) in [5.74, 6) is -0.586. The fourth-order valence-electron chi connectivity index (χ4n) is 7.30. The van der Waals surface area contributed by atoms with Crippen LogP contribution in [0.15, 0.2) is 48.5 Å². The van der Waals surface area contributed by atoms with E-state index in [1.165, 1.54) is 4.90 Å². The van der Waals surface area contributed by atoms with Crippen LogP contribution >= 0.6 is 0 Å². The predicted octanol–water partition coefficient (Wildman–Crippen LogP) is 5.43. The minimum Gasteiger partial charge on any atom is -0.356 e. The molecule has 0 N–H and O–H groups in total. The zero-order chi connectivity index (χ0) is 24.6. The van der Waals surface area contributed by atoms with Crippen molar-refractivity contribution >= 4 is 55.4 Å². The van der Waals surface area contributed by atoms with Crippen LogP contribution in [-0.4, -0.2) is 45.5 Å². The molecule has 4 atom stereocenters. The van der Waals surface area contributed by atoms with E-state index in [4.69, 9.17) is 14.2 Å². The minimum absolute atomic E-state index is 0.128. The van der Waals surface area contributed by atoms with E-state index in [-0.39, 0.29) is 24.3 Å². The van der Waals surface area contributed by atoms with Crippen LogP contribution in [0.25, 0.3) is 43.6 Å². The lowest BCUT2D eigenvalue weighted by molar-refractivity contribution is -0.137. The highest BCUT2D eigenvalue weighted by Gasteiger charge is 2.48. The van der Waals surface area contributed by atoms with E-state index in [1.54, 1.807) is 7.11 Å². The molecule has 8 nitrogen and oxygen atoms in total. The molecule has 37 heavy (non-hydrogen) atoms. The third-order valence-corrected chi connectivity index (χ3v) is 8.72. The fourth-order valence-corrected chi connectivity index (χ4v) is 7.30. The second-order valence-electron chi connectivity index (χ2n) is 10.4. The van der Waals surface area contributed by atoms with E-state index in [9.17, 15) is 9.59 Å². The lowest BCUT2D eigenvalue weighted by Gasteiger charge is -2.21. The molecule has 8 heteroatoms. The Morgan fingerprint density at radius 2 is 1.22 bits per heavy atom. The molecule has 6 heterocycles. The van der Waals surface area contributed by atoms with Gasteiger partial charge in [-0.15, -0.1) is 0 Å². The predicted molar refractivity (Wildman–Crippen MR) is 136 cm³/mol. The van der Waals surface area contributed by atoms with Gasteiger partial charge in [-0.1, -0.05) is 36.4 Å². The fraction of sp³-hybridized carbons (Fsp3) is 0.310. The number of carbonyl (C=O) groups excluding carboxylic acids is 2. The number of hydrogen-bond acceptors (Lipinski definition) is 5. The number of hydrogen-bond donors (Lipinski definition) is 0. The molecule has 2 fully saturated rings. The van der Waals surface area contributed by atoms with Gasteiger partial charge < -0.3 is 23.3 Å².